The number of pyridine rings is 1. The van der Waals surface area contributed by atoms with Gasteiger partial charge in [-0.15, -0.1) is 0 Å². The van der Waals surface area contributed by atoms with E-state index < -0.39 is 12.6 Å². The summed E-state index contributed by atoms with van der Waals surface area (Å²) in [5.74, 6) is -0.0207. The molecule has 0 saturated heterocycles. The van der Waals surface area contributed by atoms with Gasteiger partial charge in [0.2, 0.25) is 0 Å². The maximum Gasteiger partial charge on any atom is 0.359 e. The lowest BCUT2D eigenvalue weighted by atomic mass is 10.1. The molecule has 0 bridgehead atoms. The number of hydrogen-bond donors (Lipinski definition) is 0. The summed E-state index contributed by atoms with van der Waals surface area (Å²) in [6.45, 7) is 5.73. The summed E-state index contributed by atoms with van der Waals surface area (Å²) in [5, 5.41) is 4.47. The Balaban J connectivity index is 1.71. The predicted octanol–water partition coefficient (Wildman–Crippen LogP) is 3.98. The summed E-state index contributed by atoms with van der Waals surface area (Å²) in [5.41, 5.74) is 2.03. The lowest BCUT2D eigenvalue weighted by Gasteiger charge is -2.09. The van der Waals surface area contributed by atoms with Crippen LogP contribution in [0.5, 0.6) is 5.75 Å². The standard InChI is InChI=1S/C21H20ClN3O4/c1-4-28-16-7-5-15(6-8-16)18(26)12-29-21(27)20-17(22)9-10-19(23-20)25-14(3)11-13(2)24-25/h5-11H,4,12H2,1-3H3. The van der Waals surface area contributed by atoms with Gasteiger partial charge in [-0.05, 0) is 63.2 Å². The van der Waals surface area contributed by atoms with E-state index in [9.17, 15) is 9.59 Å². The summed E-state index contributed by atoms with van der Waals surface area (Å²) >= 11 is 6.11. The second-order valence-corrected chi connectivity index (χ2v) is 6.70. The Morgan fingerprint density at radius 2 is 1.83 bits per heavy atom. The van der Waals surface area contributed by atoms with E-state index in [1.165, 1.54) is 0 Å². The van der Waals surface area contributed by atoms with Gasteiger partial charge in [-0.3, -0.25) is 4.79 Å². The number of halogens is 1. The molecule has 0 radical (unpaired) electrons. The number of nitrogens with zero attached hydrogens (tertiary/aromatic N) is 3. The fourth-order valence-electron chi connectivity index (χ4n) is 2.74. The summed E-state index contributed by atoms with van der Waals surface area (Å²) in [6.07, 6.45) is 0. The van der Waals surface area contributed by atoms with Crippen LogP contribution in [0.2, 0.25) is 5.02 Å². The van der Waals surface area contributed by atoms with Crippen LogP contribution in [-0.2, 0) is 4.74 Å². The Bertz CT molecular complexity index is 1040. The minimum atomic E-state index is -0.780. The normalized spacial score (nSPS) is 10.6. The molecule has 29 heavy (non-hydrogen) atoms. The van der Waals surface area contributed by atoms with Crippen molar-refractivity contribution in [2.45, 2.75) is 20.8 Å². The third-order valence-electron chi connectivity index (χ3n) is 4.07. The fourth-order valence-corrected chi connectivity index (χ4v) is 2.92. The van der Waals surface area contributed by atoms with Gasteiger partial charge in [0.05, 0.1) is 17.3 Å². The smallest absolute Gasteiger partial charge is 0.359 e. The largest absolute Gasteiger partial charge is 0.494 e. The maximum atomic E-state index is 12.4. The van der Waals surface area contributed by atoms with Crippen LogP contribution in [0.1, 0.15) is 39.2 Å². The van der Waals surface area contributed by atoms with Crippen LogP contribution in [0, 0.1) is 13.8 Å². The molecule has 0 aliphatic heterocycles. The van der Waals surface area contributed by atoms with E-state index in [1.54, 1.807) is 41.1 Å². The monoisotopic (exact) mass is 413 g/mol. The van der Waals surface area contributed by atoms with Crippen LogP contribution in [0.25, 0.3) is 5.82 Å². The van der Waals surface area contributed by atoms with Crippen LogP contribution < -0.4 is 4.74 Å². The zero-order valence-electron chi connectivity index (χ0n) is 16.3. The summed E-state index contributed by atoms with van der Waals surface area (Å²) in [6, 6.07) is 11.7. The molecule has 0 amide bonds. The fraction of sp³-hybridized carbons (Fsp3) is 0.238. The quantitative estimate of drug-likeness (QED) is 0.430. The second-order valence-electron chi connectivity index (χ2n) is 6.30. The van der Waals surface area contributed by atoms with E-state index in [0.29, 0.717) is 23.7 Å². The van der Waals surface area contributed by atoms with E-state index in [4.69, 9.17) is 21.1 Å². The number of aryl methyl sites for hydroxylation is 2. The Labute approximate surface area is 173 Å². The highest BCUT2D eigenvalue weighted by Crippen LogP contribution is 2.19. The van der Waals surface area contributed by atoms with E-state index >= 15 is 0 Å². The van der Waals surface area contributed by atoms with Gasteiger partial charge in [0.15, 0.2) is 23.9 Å². The van der Waals surface area contributed by atoms with Crippen molar-refractivity contribution < 1.29 is 19.1 Å². The molecular formula is C21H20ClN3O4. The summed E-state index contributed by atoms with van der Waals surface area (Å²) < 4.78 is 12.1. The van der Waals surface area contributed by atoms with Crippen molar-refractivity contribution in [3.05, 3.63) is 70.1 Å². The number of Topliss-reactive ketones (excluding diaryl/α,β-unsaturated/α-hetero) is 1. The average molecular weight is 414 g/mol. The average Bonchev–Trinajstić information content (AvgIpc) is 3.05. The van der Waals surface area contributed by atoms with Gasteiger partial charge < -0.3 is 9.47 Å². The van der Waals surface area contributed by atoms with Gasteiger partial charge >= 0.3 is 5.97 Å². The number of esters is 1. The van der Waals surface area contributed by atoms with E-state index in [1.807, 2.05) is 26.8 Å². The van der Waals surface area contributed by atoms with E-state index in [-0.39, 0.29) is 16.5 Å². The molecule has 7 nitrogen and oxygen atoms in total. The number of ketones is 1. The van der Waals surface area contributed by atoms with Crippen molar-refractivity contribution in [1.82, 2.24) is 14.8 Å². The zero-order valence-corrected chi connectivity index (χ0v) is 17.1. The summed E-state index contributed by atoms with van der Waals surface area (Å²) in [4.78, 5) is 29.0. The topological polar surface area (TPSA) is 83.3 Å². The zero-order chi connectivity index (χ0) is 21.0. The van der Waals surface area contributed by atoms with Crippen molar-refractivity contribution in [2.75, 3.05) is 13.2 Å². The highest BCUT2D eigenvalue weighted by molar-refractivity contribution is 6.33. The van der Waals surface area contributed by atoms with Gasteiger partial charge in [-0.25, -0.2) is 14.5 Å². The van der Waals surface area contributed by atoms with Crippen molar-refractivity contribution >= 4 is 23.4 Å². The number of aromatic nitrogens is 3. The van der Waals surface area contributed by atoms with Crippen molar-refractivity contribution in [3.63, 3.8) is 0 Å². The Morgan fingerprint density at radius 3 is 2.45 bits per heavy atom. The molecule has 0 fully saturated rings. The Morgan fingerprint density at radius 1 is 1.10 bits per heavy atom. The first-order valence-corrected chi connectivity index (χ1v) is 9.40. The van der Waals surface area contributed by atoms with Crippen LogP contribution in [-0.4, -0.2) is 39.7 Å². The number of carbonyl (C=O) groups excluding carboxylic acids is 2. The van der Waals surface area contributed by atoms with Gasteiger partial charge in [0.1, 0.15) is 5.75 Å². The molecule has 3 rings (SSSR count). The van der Waals surface area contributed by atoms with Gasteiger partial charge in [-0.2, -0.15) is 5.10 Å². The maximum absolute atomic E-state index is 12.4. The number of benzene rings is 1. The van der Waals surface area contributed by atoms with Crippen molar-refractivity contribution in [3.8, 4) is 11.6 Å². The minimum Gasteiger partial charge on any atom is -0.494 e. The molecule has 0 N–H and O–H groups in total. The molecule has 3 aromatic rings. The predicted molar refractivity (Wildman–Crippen MR) is 108 cm³/mol. The molecule has 2 aromatic heterocycles. The molecule has 2 heterocycles. The van der Waals surface area contributed by atoms with Gasteiger partial charge in [0.25, 0.3) is 0 Å². The molecule has 0 saturated carbocycles. The van der Waals surface area contributed by atoms with Crippen LogP contribution >= 0.6 is 11.6 Å². The first-order valence-electron chi connectivity index (χ1n) is 9.02. The second kappa shape index (κ2) is 8.87. The molecule has 8 heteroatoms. The van der Waals surface area contributed by atoms with Gasteiger partial charge in [-0.1, -0.05) is 11.6 Å². The number of rotatable bonds is 7. The van der Waals surface area contributed by atoms with Crippen molar-refractivity contribution in [1.29, 1.82) is 0 Å². The molecule has 0 spiro atoms. The highest BCUT2D eigenvalue weighted by Gasteiger charge is 2.18. The third kappa shape index (κ3) is 4.81. The Hall–Kier alpha value is -3.19. The molecule has 1 aromatic carbocycles. The first kappa shape index (κ1) is 20.5. The molecule has 150 valence electrons. The molecule has 0 atom stereocenters. The summed E-state index contributed by atoms with van der Waals surface area (Å²) in [7, 11) is 0. The number of hydrogen-bond acceptors (Lipinski definition) is 6. The van der Waals surface area contributed by atoms with Crippen LogP contribution in [0.15, 0.2) is 42.5 Å². The number of ether oxygens (including phenoxy) is 2. The van der Waals surface area contributed by atoms with E-state index in [2.05, 4.69) is 10.1 Å². The first-order chi connectivity index (χ1) is 13.9. The van der Waals surface area contributed by atoms with Crippen molar-refractivity contribution in [2.24, 2.45) is 0 Å². The van der Waals surface area contributed by atoms with Gasteiger partial charge in [0, 0.05) is 11.3 Å². The van der Waals surface area contributed by atoms with Crippen LogP contribution in [0.3, 0.4) is 0 Å². The number of carbonyl (C=O) groups is 2. The Kier molecular flexibility index (Phi) is 6.29. The van der Waals surface area contributed by atoms with Crippen LogP contribution in [0.4, 0.5) is 0 Å². The lowest BCUT2D eigenvalue weighted by Crippen LogP contribution is -2.16. The highest BCUT2D eigenvalue weighted by atomic mass is 35.5. The third-order valence-corrected chi connectivity index (χ3v) is 4.38. The van der Waals surface area contributed by atoms with E-state index in [0.717, 1.165) is 11.4 Å². The molecule has 0 aliphatic carbocycles. The molecule has 0 aliphatic rings. The lowest BCUT2D eigenvalue weighted by molar-refractivity contribution is 0.0469. The minimum absolute atomic E-state index is 0.0730. The molecular weight excluding hydrogens is 394 g/mol. The molecule has 0 unspecified atom stereocenters. The SMILES string of the molecule is CCOc1ccc(C(=O)COC(=O)c2nc(-n3nc(C)cc3C)ccc2Cl)cc1.